The van der Waals surface area contributed by atoms with Gasteiger partial charge in [0, 0.05) is 0 Å². The average molecular weight is 387 g/mol. The number of unbranched alkanes of at least 4 members (excludes halogenated alkanes) is 2. The average Bonchev–Trinajstić information content (AvgIpc) is 3.04. The molecule has 0 fully saturated rings. The Balaban J connectivity index is 0.00000120. The van der Waals surface area contributed by atoms with Crippen molar-refractivity contribution in [2.45, 2.75) is 51.9 Å². The van der Waals surface area contributed by atoms with Gasteiger partial charge in [-0.3, -0.25) is 6.08 Å². The molecule has 3 aliphatic rings. The maximum absolute atomic E-state index is 3.74. The van der Waals surface area contributed by atoms with E-state index in [9.17, 15) is 0 Å². The molecule has 1 unspecified atom stereocenters. The number of fused-ring (bicyclic) bond motifs is 1. The molecule has 0 aromatic carbocycles. The van der Waals surface area contributed by atoms with Crippen molar-refractivity contribution in [2.24, 2.45) is 5.92 Å². The van der Waals surface area contributed by atoms with E-state index < -0.39 is 0 Å². The molecule has 3 aliphatic carbocycles. The summed E-state index contributed by atoms with van der Waals surface area (Å²) >= 11 is 0. The van der Waals surface area contributed by atoms with Gasteiger partial charge in [-0.2, -0.15) is 11.1 Å². The second-order valence-corrected chi connectivity index (χ2v) is 5.39. The molecule has 0 amide bonds. The smallest absolute Gasteiger partial charge is 1.00 e. The Labute approximate surface area is 154 Å². The molecule has 1 atom stereocenters. The van der Waals surface area contributed by atoms with Gasteiger partial charge in [-0.05, 0) is 12.8 Å². The van der Waals surface area contributed by atoms with Crippen molar-refractivity contribution in [3.8, 4) is 0 Å². The zero-order valence-electron chi connectivity index (χ0n) is 12.0. The van der Waals surface area contributed by atoms with E-state index >= 15 is 0 Å². The zero-order valence-corrected chi connectivity index (χ0v) is 16.0. The first-order valence-electron chi connectivity index (χ1n) is 7.10. The third-order valence-electron chi connectivity index (χ3n) is 4.26. The minimum absolute atomic E-state index is 0. The van der Waals surface area contributed by atoms with Gasteiger partial charge in [0.15, 0.2) is 0 Å². The molecular weight excluding hydrogens is 366 g/mol. The van der Waals surface area contributed by atoms with E-state index in [0.717, 1.165) is 6.42 Å². The molecule has 3 rings (SSSR count). The summed E-state index contributed by atoms with van der Waals surface area (Å²) in [5.74, 6) is 0.561. The number of allylic oxidation sites excluding steroid dienone is 8. The fourth-order valence-electron chi connectivity index (χ4n) is 3.35. The molecule has 20 heavy (non-hydrogen) atoms. The van der Waals surface area contributed by atoms with Crippen LogP contribution in [0, 0.1) is 12.0 Å². The number of hydrogen-bond acceptors (Lipinski definition) is 0. The van der Waals surface area contributed by atoms with Gasteiger partial charge in [-0.1, -0.05) is 68.7 Å². The molecule has 1 radical (unpaired) electrons. The molecular formula is C17H21Cl2Zr. The molecule has 0 saturated carbocycles. The van der Waals surface area contributed by atoms with Crippen molar-refractivity contribution < 1.29 is 51.0 Å². The van der Waals surface area contributed by atoms with Crippen molar-refractivity contribution in [3.05, 3.63) is 46.6 Å². The quantitative estimate of drug-likeness (QED) is 0.416. The molecule has 107 valence electrons. The van der Waals surface area contributed by atoms with Gasteiger partial charge in [0.05, 0.1) is 0 Å². The monoisotopic (exact) mass is 385 g/mol. The molecule has 0 aliphatic heterocycles. The second kappa shape index (κ2) is 9.44. The molecule has 0 aromatic rings. The summed E-state index contributed by atoms with van der Waals surface area (Å²) in [5, 5.41) is 0. The zero-order chi connectivity index (χ0) is 11.7. The standard InChI is InChI=1S/C17H21.2ClH.Zr/c1-2-3-4-9-15-14-10-11-16(15)17(12-14)13-7-5-6-8-13;;;/h5-7,17H,2-4,8-11H2,1H3;2*1H;/q-1;;;+3/p-2. The molecule has 0 nitrogen and oxygen atoms in total. The van der Waals surface area contributed by atoms with Crippen LogP contribution in [0.25, 0.3) is 0 Å². The molecule has 3 heteroatoms. The van der Waals surface area contributed by atoms with Crippen molar-refractivity contribution >= 4 is 0 Å². The van der Waals surface area contributed by atoms with Crippen LogP contribution in [0.2, 0.25) is 0 Å². The van der Waals surface area contributed by atoms with Crippen LogP contribution in [0.4, 0.5) is 0 Å². The van der Waals surface area contributed by atoms with Gasteiger partial charge in [0.2, 0.25) is 0 Å². The summed E-state index contributed by atoms with van der Waals surface area (Å²) in [5.41, 5.74) is 6.54. The fourth-order valence-corrected chi connectivity index (χ4v) is 3.35. The van der Waals surface area contributed by atoms with Crippen LogP contribution in [-0.4, -0.2) is 0 Å². The fraction of sp³-hybridized carbons (Fsp3) is 0.529. The van der Waals surface area contributed by atoms with Crippen LogP contribution in [-0.2, 0) is 26.2 Å². The summed E-state index contributed by atoms with van der Waals surface area (Å²) in [4.78, 5) is 0. The summed E-state index contributed by atoms with van der Waals surface area (Å²) in [6, 6.07) is 0. The van der Waals surface area contributed by atoms with Crippen molar-refractivity contribution in [2.75, 3.05) is 0 Å². The van der Waals surface area contributed by atoms with Crippen LogP contribution < -0.4 is 24.8 Å². The van der Waals surface area contributed by atoms with Crippen molar-refractivity contribution in [1.29, 1.82) is 0 Å². The first kappa shape index (κ1) is 20.4. The van der Waals surface area contributed by atoms with Crippen molar-refractivity contribution in [3.63, 3.8) is 0 Å². The minimum Gasteiger partial charge on any atom is -1.00 e. The Morgan fingerprint density at radius 3 is 2.65 bits per heavy atom. The summed E-state index contributed by atoms with van der Waals surface area (Å²) < 4.78 is 0. The molecule has 0 aromatic heterocycles. The predicted molar refractivity (Wildman–Crippen MR) is 72.5 cm³/mol. The van der Waals surface area contributed by atoms with E-state index in [4.69, 9.17) is 0 Å². The van der Waals surface area contributed by atoms with Gasteiger partial charge < -0.3 is 24.8 Å². The maximum Gasteiger partial charge on any atom is 3.00 e. The van der Waals surface area contributed by atoms with E-state index in [1.165, 1.54) is 38.5 Å². The Hall–Kier alpha value is 0.423. The Kier molecular flexibility index (Phi) is 9.64. The number of hydrogen-bond donors (Lipinski definition) is 0. The number of halogens is 2. The van der Waals surface area contributed by atoms with Crippen LogP contribution >= 0.6 is 0 Å². The Bertz CT molecular complexity index is 444. The largest absolute Gasteiger partial charge is 3.00 e. The van der Waals surface area contributed by atoms with Crippen LogP contribution in [0.15, 0.2) is 40.5 Å². The second-order valence-electron chi connectivity index (χ2n) is 5.39. The molecule has 0 N–H and O–H groups in total. The predicted octanol–water partition coefficient (Wildman–Crippen LogP) is -1.09. The summed E-state index contributed by atoms with van der Waals surface area (Å²) in [6.07, 6.45) is 19.6. The van der Waals surface area contributed by atoms with E-state index in [-0.39, 0.29) is 51.0 Å². The first-order valence-corrected chi connectivity index (χ1v) is 7.10. The molecule has 0 saturated heterocycles. The molecule has 0 spiro atoms. The summed E-state index contributed by atoms with van der Waals surface area (Å²) in [6.45, 7) is 2.28. The first-order chi connectivity index (χ1) is 8.40. The van der Waals surface area contributed by atoms with Crippen LogP contribution in [0.5, 0.6) is 0 Å². The van der Waals surface area contributed by atoms with Gasteiger partial charge in [-0.25, -0.2) is 5.57 Å². The molecule has 2 bridgehead atoms. The van der Waals surface area contributed by atoms with Gasteiger partial charge >= 0.3 is 26.2 Å². The van der Waals surface area contributed by atoms with Gasteiger partial charge in [-0.15, -0.1) is 0 Å². The topological polar surface area (TPSA) is 0 Å². The molecule has 0 heterocycles. The Morgan fingerprint density at radius 1 is 1.20 bits per heavy atom. The van der Waals surface area contributed by atoms with E-state index in [1.54, 1.807) is 22.3 Å². The van der Waals surface area contributed by atoms with Gasteiger partial charge in [0.1, 0.15) is 0 Å². The SMILES string of the molecule is CCCCCC1=C2CCC1=[C-]C2C1=CC=CC1.[Cl-].[Cl-].[Zr+3]. The van der Waals surface area contributed by atoms with Gasteiger partial charge in [0.25, 0.3) is 0 Å². The Morgan fingerprint density at radius 2 is 2.00 bits per heavy atom. The maximum atomic E-state index is 3.74. The summed E-state index contributed by atoms with van der Waals surface area (Å²) in [7, 11) is 0. The van der Waals surface area contributed by atoms with Crippen LogP contribution in [0.1, 0.15) is 51.9 Å². The van der Waals surface area contributed by atoms with E-state index in [1.807, 2.05) is 0 Å². The van der Waals surface area contributed by atoms with Crippen LogP contribution in [0.3, 0.4) is 0 Å². The third-order valence-corrected chi connectivity index (χ3v) is 4.26. The normalized spacial score (nSPS) is 21.9. The third kappa shape index (κ3) is 3.99. The van der Waals surface area contributed by atoms with E-state index in [0.29, 0.717) is 5.92 Å². The minimum atomic E-state index is 0. The number of rotatable bonds is 5. The van der Waals surface area contributed by atoms with E-state index in [2.05, 4.69) is 31.2 Å². The van der Waals surface area contributed by atoms with Crippen molar-refractivity contribution in [1.82, 2.24) is 0 Å².